The summed E-state index contributed by atoms with van der Waals surface area (Å²) in [5.74, 6) is 1.14. The molecule has 1 unspecified atom stereocenters. The van der Waals surface area contributed by atoms with Crippen LogP contribution in [0.15, 0.2) is 48.7 Å². The first-order chi connectivity index (χ1) is 16.8. The van der Waals surface area contributed by atoms with E-state index < -0.39 is 11.7 Å². The van der Waals surface area contributed by atoms with Crippen molar-refractivity contribution in [2.75, 3.05) is 18.4 Å². The van der Waals surface area contributed by atoms with Crippen LogP contribution in [0.2, 0.25) is 10.0 Å². The van der Waals surface area contributed by atoms with Crippen LogP contribution in [0, 0.1) is 5.92 Å². The van der Waals surface area contributed by atoms with Crippen molar-refractivity contribution in [1.82, 2.24) is 24.8 Å². The Morgan fingerprint density at radius 1 is 1.06 bits per heavy atom. The highest BCUT2D eigenvalue weighted by Crippen LogP contribution is 2.36. The minimum atomic E-state index is -4.44. The summed E-state index contributed by atoms with van der Waals surface area (Å²) in [5, 5.41) is 7.22. The molecule has 1 atom stereocenters. The average Bonchev–Trinajstić information content (AvgIpc) is 3.46. The van der Waals surface area contributed by atoms with E-state index in [2.05, 4.69) is 20.6 Å². The Morgan fingerprint density at radius 2 is 1.83 bits per heavy atom. The van der Waals surface area contributed by atoms with E-state index in [1.54, 1.807) is 30.5 Å². The number of aromatic nitrogens is 4. The first-order valence-corrected chi connectivity index (χ1v) is 11.8. The Hall–Kier alpha value is -2.88. The molecule has 5 rings (SSSR count). The number of hydrogen-bond acceptors (Lipinski definition) is 5. The molecule has 11 heteroatoms. The third-order valence-corrected chi connectivity index (χ3v) is 6.67. The maximum Gasteiger partial charge on any atom is 0.416 e. The number of imidazole rings is 1. The van der Waals surface area contributed by atoms with E-state index in [0.717, 1.165) is 25.6 Å². The molecular weight excluding hydrogens is 500 g/mol. The maximum absolute atomic E-state index is 13.4. The predicted octanol–water partition coefficient (Wildman–Crippen LogP) is 6.04. The minimum Gasteiger partial charge on any atom is -0.350 e. The highest BCUT2D eigenvalue weighted by molar-refractivity contribution is 6.39. The zero-order chi connectivity index (χ0) is 24.6. The lowest BCUT2D eigenvalue weighted by molar-refractivity contribution is -0.138. The zero-order valence-corrected chi connectivity index (χ0v) is 19.9. The molecule has 0 spiro atoms. The summed E-state index contributed by atoms with van der Waals surface area (Å²) in [4.78, 5) is 13.6. The molecule has 0 bridgehead atoms. The molecule has 0 radical (unpaired) electrons. The number of hydrogen-bond donors (Lipinski definition) is 2. The van der Waals surface area contributed by atoms with Gasteiger partial charge in [0.15, 0.2) is 5.65 Å². The molecule has 0 aliphatic carbocycles. The number of benzene rings is 2. The molecule has 2 aromatic carbocycles. The lowest BCUT2D eigenvalue weighted by atomic mass is 10.1. The number of alkyl halides is 3. The predicted molar refractivity (Wildman–Crippen MR) is 131 cm³/mol. The second kappa shape index (κ2) is 9.64. The van der Waals surface area contributed by atoms with Gasteiger partial charge >= 0.3 is 6.18 Å². The standard InChI is InChI=1S/C24H21Cl2F3N6/c25-17-6-3-7-18(26)20(17)22-33-19-12-32-23(34-21(19)35(22)13-14-8-9-30-10-14)31-11-15-4-1-2-5-16(15)24(27,28)29/h1-7,12,14,30H,8-11,13H2,(H,31,32,34). The third kappa shape index (κ3) is 4.94. The molecule has 1 aliphatic rings. The van der Waals surface area contributed by atoms with E-state index in [9.17, 15) is 13.2 Å². The number of rotatable bonds is 6. The fourth-order valence-electron chi connectivity index (χ4n) is 4.33. The van der Waals surface area contributed by atoms with Gasteiger partial charge in [-0.3, -0.25) is 0 Å². The third-order valence-electron chi connectivity index (χ3n) is 6.04. The van der Waals surface area contributed by atoms with Crippen molar-refractivity contribution in [1.29, 1.82) is 0 Å². The Morgan fingerprint density at radius 3 is 2.54 bits per heavy atom. The molecule has 0 saturated carbocycles. The minimum absolute atomic E-state index is 0.0783. The van der Waals surface area contributed by atoms with Crippen LogP contribution in [0.1, 0.15) is 17.5 Å². The van der Waals surface area contributed by atoms with Crippen LogP contribution < -0.4 is 10.6 Å². The lowest BCUT2D eigenvalue weighted by Crippen LogP contribution is -2.16. The Labute approximate surface area is 209 Å². The summed E-state index contributed by atoms with van der Waals surface area (Å²) < 4.78 is 42.1. The van der Waals surface area contributed by atoms with E-state index in [-0.39, 0.29) is 18.1 Å². The van der Waals surface area contributed by atoms with Crippen LogP contribution in [-0.4, -0.2) is 32.6 Å². The van der Waals surface area contributed by atoms with E-state index >= 15 is 0 Å². The van der Waals surface area contributed by atoms with Crippen molar-refractivity contribution in [2.24, 2.45) is 5.92 Å². The molecule has 182 valence electrons. The van der Waals surface area contributed by atoms with Crippen LogP contribution in [0.3, 0.4) is 0 Å². The molecule has 4 aromatic rings. The molecule has 0 amide bonds. The van der Waals surface area contributed by atoms with Gasteiger partial charge in [-0.25, -0.2) is 9.97 Å². The van der Waals surface area contributed by atoms with Gasteiger partial charge in [0.05, 0.1) is 27.4 Å². The number of anilines is 1. The van der Waals surface area contributed by atoms with Crippen molar-refractivity contribution in [3.05, 3.63) is 69.8 Å². The second-order valence-corrected chi connectivity index (χ2v) is 9.23. The summed E-state index contributed by atoms with van der Waals surface area (Å²) in [6.45, 7) is 2.35. The highest BCUT2D eigenvalue weighted by atomic mass is 35.5. The topological polar surface area (TPSA) is 67.7 Å². The Kier molecular flexibility index (Phi) is 6.57. The van der Waals surface area contributed by atoms with Crippen LogP contribution in [0.25, 0.3) is 22.6 Å². The van der Waals surface area contributed by atoms with Gasteiger partial charge in [-0.05, 0) is 49.2 Å². The summed E-state index contributed by atoms with van der Waals surface area (Å²) in [7, 11) is 0. The van der Waals surface area contributed by atoms with Crippen molar-refractivity contribution in [3.63, 3.8) is 0 Å². The van der Waals surface area contributed by atoms with Crippen molar-refractivity contribution >= 4 is 40.3 Å². The van der Waals surface area contributed by atoms with Gasteiger partial charge in [-0.1, -0.05) is 47.5 Å². The van der Waals surface area contributed by atoms with E-state index in [0.29, 0.717) is 45.1 Å². The van der Waals surface area contributed by atoms with Crippen molar-refractivity contribution in [2.45, 2.75) is 25.7 Å². The van der Waals surface area contributed by atoms with Gasteiger partial charge in [0.1, 0.15) is 11.3 Å². The van der Waals surface area contributed by atoms with E-state index in [4.69, 9.17) is 28.2 Å². The first-order valence-electron chi connectivity index (χ1n) is 11.1. The number of nitrogens with one attached hydrogen (secondary N) is 2. The average molecular weight is 521 g/mol. The van der Waals surface area contributed by atoms with Gasteiger partial charge in [-0.15, -0.1) is 0 Å². The van der Waals surface area contributed by atoms with E-state index in [1.807, 2.05) is 4.57 Å². The van der Waals surface area contributed by atoms with Gasteiger partial charge in [-0.2, -0.15) is 18.2 Å². The largest absolute Gasteiger partial charge is 0.416 e. The van der Waals surface area contributed by atoms with Gasteiger partial charge < -0.3 is 15.2 Å². The molecule has 6 nitrogen and oxygen atoms in total. The normalized spacial score (nSPS) is 16.2. The van der Waals surface area contributed by atoms with Crippen LogP contribution in [-0.2, 0) is 19.3 Å². The quantitative estimate of drug-likeness (QED) is 0.324. The smallest absolute Gasteiger partial charge is 0.350 e. The molecular formula is C24H21Cl2F3N6. The zero-order valence-electron chi connectivity index (χ0n) is 18.4. The van der Waals surface area contributed by atoms with Crippen LogP contribution in [0.5, 0.6) is 0 Å². The highest BCUT2D eigenvalue weighted by Gasteiger charge is 2.32. The van der Waals surface area contributed by atoms with Gasteiger partial charge in [0, 0.05) is 13.1 Å². The maximum atomic E-state index is 13.4. The molecule has 1 saturated heterocycles. The SMILES string of the molecule is FC(F)(F)c1ccccc1CNc1ncc2nc(-c3c(Cl)cccc3Cl)n(CC3CCNC3)c2n1. The number of fused-ring (bicyclic) bond motifs is 1. The lowest BCUT2D eigenvalue weighted by Gasteiger charge is -2.15. The molecule has 1 fully saturated rings. The fraction of sp³-hybridized carbons (Fsp3) is 0.292. The molecule has 3 heterocycles. The van der Waals surface area contributed by atoms with E-state index in [1.165, 1.54) is 12.1 Å². The summed E-state index contributed by atoms with van der Waals surface area (Å²) in [6, 6.07) is 10.7. The van der Waals surface area contributed by atoms with Crippen LogP contribution in [0.4, 0.5) is 19.1 Å². The van der Waals surface area contributed by atoms with Gasteiger partial charge in [0.2, 0.25) is 5.95 Å². The molecule has 2 aromatic heterocycles. The second-order valence-electron chi connectivity index (χ2n) is 8.41. The Bertz CT molecular complexity index is 1350. The number of nitrogens with zero attached hydrogens (tertiary/aromatic N) is 4. The Balaban J connectivity index is 1.53. The van der Waals surface area contributed by atoms with Crippen LogP contribution >= 0.6 is 23.2 Å². The summed E-state index contributed by atoms with van der Waals surface area (Å²) in [6.07, 6.45) is -1.89. The van der Waals surface area contributed by atoms with Crippen molar-refractivity contribution in [3.8, 4) is 11.4 Å². The molecule has 35 heavy (non-hydrogen) atoms. The molecule has 1 aliphatic heterocycles. The number of halogens is 5. The summed E-state index contributed by atoms with van der Waals surface area (Å²) >= 11 is 13.0. The van der Waals surface area contributed by atoms with Gasteiger partial charge in [0.25, 0.3) is 0 Å². The fourth-order valence-corrected chi connectivity index (χ4v) is 4.90. The van der Waals surface area contributed by atoms with Crippen molar-refractivity contribution < 1.29 is 13.2 Å². The molecule has 2 N–H and O–H groups in total. The monoisotopic (exact) mass is 520 g/mol. The first kappa shape index (κ1) is 23.8. The summed E-state index contributed by atoms with van der Waals surface area (Å²) in [5.41, 5.74) is 1.13.